The molecule has 0 radical (unpaired) electrons. The van der Waals surface area contributed by atoms with Crippen molar-refractivity contribution in [1.29, 1.82) is 0 Å². The van der Waals surface area contributed by atoms with E-state index in [1.165, 1.54) is 6.07 Å². The summed E-state index contributed by atoms with van der Waals surface area (Å²) in [5.74, 6) is -2.74. The maximum absolute atomic E-state index is 14.7. The first kappa shape index (κ1) is 17.9. The van der Waals surface area contributed by atoms with Gasteiger partial charge in [0.1, 0.15) is 17.9 Å². The average molecular weight is 362 g/mol. The predicted octanol–water partition coefficient (Wildman–Crippen LogP) is 2.16. The van der Waals surface area contributed by atoms with Crippen LogP contribution >= 0.6 is 0 Å². The Morgan fingerprint density at radius 1 is 1.23 bits per heavy atom. The number of carbonyl (C=O) groups is 2. The highest BCUT2D eigenvalue weighted by Gasteiger charge is 2.22. The van der Waals surface area contributed by atoms with Gasteiger partial charge in [-0.15, -0.1) is 0 Å². The largest absolute Gasteiger partial charge is 0.480 e. The Kier molecular flexibility index (Phi) is 4.67. The third-order valence-corrected chi connectivity index (χ3v) is 4.81. The minimum atomic E-state index is -1.48. The van der Waals surface area contributed by atoms with Crippen molar-refractivity contribution < 1.29 is 24.2 Å². The number of pyridine rings is 1. The molecule has 7 nitrogen and oxygen atoms in total. The van der Waals surface area contributed by atoms with Gasteiger partial charge >= 0.3 is 11.9 Å². The summed E-state index contributed by atoms with van der Waals surface area (Å²) in [5, 5.41) is 18.1. The first-order valence-electron chi connectivity index (χ1n) is 8.34. The second kappa shape index (κ2) is 6.78. The van der Waals surface area contributed by atoms with Crippen molar-refractivity contribution >= 4 is 28.5 Å². The van der Waals surface area contributed by atoms with Crippen LogP contribution in [0, 0.1) is 11.7 Å². The third kappa shape index (κ3) is 3.26. The van der Waals surface area contributed by atoms with Gasteiger partial charge < -0.3 is 19.7 Å². The number of nitrogens with zero attached hydrogens (tertiary/aromatic N) is 2. The van der Waals surface area contributed by atoms with Crippen molar-refractivity contribution in [3.05, 3.63) is 39.9 Å². The van der Waals surface area contributed by atoms with Crippen molar-refractivity contribution in [1.82, 2.24) is 4.57 Å². The minimum Gasteiger partial charge on any atom is -0.480 e. The Labute approximate surface area is 148 Å². The number of hydrogen-bond donors (Lipinski definition) is 2. The van der Waals surface area contributed by atoms with Crippen LogP contribution in [0.2, 0.25) is 0 Å². The number of aromatic nitrogens is 1. The van der Waals surface area contributed by atoms with Gasteiger partial charge in [0.15, 0.2) is 0 Å². The highest BCUT2D eigenvalue weighted by molar-refractivity contribution is 5.94. The summed E-state index contributed by atoms with van der Waals surface area (Å²) in [7, 11) is 0. The molecule has 2 aromatic rings. The lowest BCUT2D eigenvalue weighted by atomic mass is 9.98. The fourth-order valence-electron chi connectivity index (χ4n) is 3.32. The van der Waals surface area contributed by atoms with Gasteiger partial charge in [0.25, 0.3) is 0 Å². The summed E-state index contributed by atoms with van der Waals surface area (Å²) in [6, 6.07) is 2.45. The SMILES string of the molecule is CC1CCN(c2cc3c(cc2F)c(=O)c(C(=O)O)cn3CC(=O)O)CC1. The van der Waals surface area contributed by atoms with E-state index in [9.17, 15) is 23.9 Å². The van der Waals surface area contributed by atoms with E-state index >= 15 is 0 Å². The zero-order valence-corrected chi connectivity index (χ0v) is 14.2. The topological polar surface area (TPSA) is 99.8 Å². The molecule has 1 aliphatic rings. The van der Waals surface area contributed by atoms with Gasteiger partial charge in [-0.05, 0) is 30.9 Å². The number of fused-ring (bicyclic) bond motifs is 1. The molecule has 0 amide bonds. The molecule has 0 spiro atoms. The van der Waals surface area contributed by atoms with Gasteiger partial charge in [0.2, 0.25) is 5.43 Å². The number of halogens is 1. The standard InChI is InChI=1S/C18H19FN2O5/c1-10-2-4-20(5-3-10)15-7-14-11(6-13(15)19)17(24)12(18(25)26)8-21(14)9-16(22)23/h6-8,10H,2-5,9H2,1H3,(H,22,23)(H,25,26). The molecule has 2 N–H and O–H groups in total. The molecule has 3 rings (SSSR count). The van der Waals surface area contributed by atoms with Crippen LogP contribution in [-0.2, 0) is 11.3 Å². The summed E-state index contributed by atoms with van der Waals surface area (Å²) in [4.78, 5) is 36.6. The number of piperidine rings is 1. The van der Waals surface area contributed by atoms with E-state index in [2.05, 4.69) is 6.92 Å². The Morgan fingerprint density at radius 3 is 2.46 bits per heavy atom. The summed E-state index contributed by atoms with van der Waals surface area (Å²) in [6.07, 6.45) is 2.83. The Balaban J connectivity index is 2.21. The predicted molar refractivity (Wildman–Crippen MR) is 93.4 cm³/mol. The quantitative estimate of drug-likeness (QED) is 0.865. The van der Waals surface area contributed by atoms with Crippen LogP contribution in [-0.4, -0.2) is 39.8 Å². The zero-order valence-electron chi connectivity index (χ0n) is 14.2. The molecule has 0 atom stereocenters. The molecule has 1 aromatic carbocycles. The number of aliphatic carboxylic acids is 1. The van der Waals surface area contributed by atoms with Crippen molar-refractivity contribution in [2.75, 3.05) is 18.0 Å². The highest BCUT2D eigenvalue weighted by Crippen LogP contribution is 2.29. The van der Waals surface area contributed by atoms with Crippen LogP contribution < -0.4 is 10.3 Å². The van der Waals surface area contributed by atoms with E-state index in [-0.39, 0.29) is 10.9 Å². The van der Waals surface area contributed by atoms with Crippen LogP contribution in [0.25, 0.3) is 10.9 Å². The number of aromatic carboxylic acids is 1. The number of rotatable bonds is 4. The molecule has 0 saturated carbocycles. The Bertz CT molecular complexity index is 945. The molecule has 1 saturated heterocycles. The summed E-state index contributed by atoms with van der Waals surface area (Å²) in [5.41, 5.74) is -0.909. The lowest BCUT2D eigenvalue weighted by Gasteiger charge is -2.32. The van der Waals surface area contributed by atoms with Crippen LogP contribution in [0.4, 0.5) is 10.1 Å². The molecule has 26 heavy (non-hydrogen) atoms. The molecule has 8 heteroatoms. The number of benzene rings is 1. The smallest absolute Gasteiger partial charge is 0.341 e. The normalized spacial score (nSPS) is 15.4. The summed E-state index contributed by atoms with van der Waals surface area (Å²) < 4.78 is 15.8. The van der Waals surface area contributed by atoms with Crippen molar-refractivity contribution in [2.45, 2.75) is 26.3 Å². The Morgan fingerprint density at radius 2 is 1.88 bits per heavy atom. The van der Waals surface area contributed by atoms with Crippen molar-refractivity contribution in [3.8, 4) is 0 Å². The Hall–Kier alpha value is -2.90. The van der Waals surface area contributed by atoms with E-state index in [1.807, 2.05) is 4.90 Å². The maximum atomic E-state index is 14.7. The molecule has 1 fully saturated rings. The lowest BCUT2D eigenvalue weighted by molar-refractivity contribution is -0.137. The molecular weight excluding hydrogens is 343 g/mol. The number of carboxylic acids is 2. The summed E-state index contributed by atoms with van der Waals surface area (Å²) >= 11 is 0. The van der Waals surface area contributed by atoms with Gasteiger partial charge in [-0.1, -0.05) is 6.92 Å². The molecule has 2 heterocycles. The second-order valence-corrected chi connectivity index (χ2v) is 6.69. The first-order valence-corrected chi connectivity index (χ1v) is 8.34. The van der Waals surface area contributed by atoms with Crippen LogP contribution in [0.5, 0.6) is 0 Å². The average Bonchev–Trinajstić information content (AvgIpc) is 2.57. The monoisotopic (exact) mass is 362 g/mol. The number of hydrogen-bond acceptors (Lipinski definition) is 4. The molecule has 0 bridgehead atoms. The molecular formula is C18H19FN2O5. The van der Waals surface area contributed by atoms with E-state index in [1.54, 1.807) is 0 Å². The van der Waals surface area contributed by atoms with Crippen molar-refractivity contribution in [3.63, 3.8) is 0 Å². The zero-order chi connectivity index (χ0) is 19.0. The van der Waals surface area contributed by atoms with Gasteiger partial charge in [0, 0.05) is 24.7 Å². The van der Waals surface area contributed by atoms with E-state index < -0.39 is 35.3 Å². The molecule has 138 valence electrons. The minimum absolute atomic E-state index is 0.141. The van der Waals surface area contributed by atoms with E-state index in [0.29, 0.717) is 24.7 Å². The van der Waals surface area contributed by atoms with Crippen LogP contribution in [0.1, 0.15) is 30.1 Å². The maximum Gasteiger partial charge on any atom is 0.341 e. The first-order chi connectivity index (χ1) is 12.3. The molecule has 0 unspecified atom stereocenters. The van der Waals surface area contributed by atoms with Crippen LogP contribution in [0.15, 0.2) is 23.1 Å². The van der Waals surface area contributed by atoms with Gasteiger partial charge in [-0.2, -0.15) is 0 Å². The fourth-order valence-corrected chi connectivity index (χ4v) is 3.32. The third-order valence-electron chi connectivity index (χ3n) is 4.81. The highest BCUT2D eigenvalue weighted by atomic mass is 19.1. The fraction of sp³-hybridized carbons (Fsp3) is 0.389. The lowest BCUT2D eigenvalue weighted by Crippen LogP contribution is -2.33. The molecule has 0 aliphatic carbocycles. The van der Waals surface area contributed by atoms with Gasteiger partial charge in [0.05, 0.1) is 11.2 Å². The van der Waals surface area contributed by atoms with Gasteiger partial charge in [-0.3, -0.25) is 9.59 Å². The van der Waals surface area contributed by atoms with Crippen LogP contribution in [0.3, 0.4) is 0 Å². The van der Waals surface area contributed by atoms with Crippen molar-refractivity contribution in [2.24, 2.45) is 5.92 Å². The number of anilines is 1. The van der Waals surface area contributed by atoms with Gasteiger partial charge in [-0.25, -0.2) is 9.18 Å². The second-order valence-electron chi connectivity index (χ2n) is 6.69. The van der Waals surface area contributed by atoms with E-state index in [4.69, 9.17) is 5.11 Å². The summed E-state index contributed by atoms with van der Waals surface area (Å²) in [6.45, 7) is 2.94. The number of carboxylic acid groups (broad SMARTS) is 2. The molecule has 1 aromatic heterocycles. The van der Waals surface area contributed by atoms with E-state index in [0.717, 1.165) is 29.7 Å². The molecule has 1 aliphatic heterocycles.